The molecule has 1 atom stereocenters. The normalized spacial score (nSPS) is 21.0. The summed E-state index contributed by atoms with van der Waals surface area (Å²) in [6, 6.07) is 7.80. The van der Waals surface area contributed by atoms with Crippen LogP contribution in [0.5, 0.6) is 0 Å². The Morgan fingerprint density at radius 1 is 1.13 bits per heavy atom. The van der Waals surface area contributed by atoms with Crippen molar-refractivity contribution in [3.8, 4) is 0 Å². The van der Waals surface area contributed by atoms with Crippen molar-refractivity contribution in [1.29, 1.82) is 0 Å². The molecule has 0 bridgehead atoms. The molecule has 5 heteroatoms. The van der Waals surface area contributed by atoms with Crippen molar-refractivity contribution < 1.29 is 9.59 Å². The van der Waals surface area contributed by atoms with E-state index in [0.717, 1.165) is 47.8 Å². The Morgan fingerprint density at radius 3 is 2.48 bits per heavy atom. The van der Waals surface area contributed by atoms with E-state index in [2.05, 4.69) is 11.4 Å². The molecule has 1 saturated heterocycles. The number of thioether (sulfide) groups is 1. The quantitative estimate of drug-likeness (QED) is 0.924. The number of carbonyl (C=O) groups excluding carboxylic acids is 2. The van der Waals surface area contributed by atoms with Crippen LogP contribution in [0.2, 0.25) is 0 Å². The van der Waals surface area contributed by atoms with E-state index < -0.39 is 0 Å². The zero-order valence-corrected chi connectivity index (χ0v) is 14.2. The molecule has 1 unspecified atom stereocenters. The van der Waals surface area contributed by atoms with Crippen molar-refractivity contribution in [2.75, 3.05) is 24.2 Å². The number of nitrogens with one attached hydrogen (secondary N) is 1. The van der Waals surface area contributed by atoms with Crippen LogP contribution in [0.4, 0.5) is 5.69 Å². The Kier molecular flexibility index (Phi) is 5.06. The van der Waals surface area contributed by atoms with Gasteiger partial charge in [-0.1, -0.05) is 18.2 Å². The number of amides is 2. The van der Waals surface area contributed by atoms with Crippen LogP contribution < -0.4 is 5.32 Å². The number of benzene rings is 1. The zero-order chi connectivity index (χ0) is 16.2. The fraction of sp³-hybridized carbons (Fsp3) is 0.444. The Morgan fingerprint density at radius 2 is 1.83 bits per heavy atom. The molecular formula is C18H22N2O2S. The summed E-state index contributed by atoms with van der Waals surface area (Å²) in [4.78, 5) is 26.8. The monoisotopic (exact) mass is 330 g/mol. The predicted octanol–water partition coefficient (Wildman–Crippen LogP) is 3.36. The largest absolute Gasteiger partial charge is 0.342 e. The van der Waals surface area contributed by atoms with Gasteiger partial charge in [0.05, 0.1) is 5.92 Å². The first kappa shape index (κ1) is 16.1. The van der Waals surface area contributed by atoms with E-state index in [-0.39, 0.29) is 17.7 Å². The topological polar surface area (TPSA) is 49.4 Å². The number of hydrogen-bond donors (Lipinski definition) is 1. The van der Waals surface area contributed by atoms with Crippen LogP contribution in [0.1, 0.15) is 31.7 Å². The van der Waals surface area contributed by atoms with Gasteiger partial charge in [-0.25, -0.2) is 0 Å². The highest BCUT2D eigenvalue weighted by atomic mass is 32.2. The molecule has 0 aliphatic carbocycles. The molecule has 1 N–H and O–H groups in total. The second-order valence-electron chi connectivity index (χ2n) is 6.09. The number of hydrogen-bond acceptors (Lipinski definition) is 3. The van der Waals surface area contributed by atoms with Gasteiger partial charge in [0, 0.05) is 36.4 Å². The summed E-state index contributed by atoms with van der Waals surface area (Å²) in [6.07, 6.45) is 5.61. The molecule has 2 heterocycles. The Hall–Kier alpha value is -1.75. The smallest absolute Gasteiger partial charge is 0.230 e. The van der Waals surface area contributed by atoms with E-state index in [1.165, 1.54) is 13.3 Å². The maximum Gasteiger partial charge on any atom is 0.230 e. The lowest BCUT2D eigenvalue weighted by atomic mass is 10.0. The van der Waals surface area contributed by atoms with Crippen LogP contribution in [-0.4, -0.2) is 35.6 Å². The fourth-order valence-electron chi connectivity index (χ4n) is 3.05. The average molecular weight is 330 g/mol. The van der Waals surface area contributed by atoms with Crippen molar-refractivity contribution in [3.05, 3.63) is 35.9 Å². The Labute approximate surface area is 141 Å². The minimum atomic E-state index is -0.0700. The van der Waals surface area contributed by atoms with Gasteiger partial charge in [0.1, 0.15) is 0 Å². The molecule has 0 spiro atoms. The summed E-state index contributed by atoms with van der Waals surface area (Å²) in [5.41, 5.74) is 1.91. The van der Waals surface area contributed by atoms with Crippen molar-refractivity contribution in [2.24, 2.45) is 5.92 Å². The van der Waals surface area contributed by atoms with Gasteiger partial charge in [0.25, 0.3) is 0 Å². The van der Waals surface area contributed by atoms with E-state index in [9.17, 15) is 9.59 Å². The summed E-state index contributed by atoms with van der Waals surface area (Å²) in [7, 11) is 0. The van der Waals surface area contributed by atoms with E-state index in [1.54, 1.807) is 11.8 Å². The summed E-state index contributed by atoms with van der Waals surface area (Å²) < 4.78 is 0. The van der Waals surface area contributed by atoms with Gasteiger partial charge >= 0.3 is 0 Å². The number of likely N-dealkylation sites (tertiary alicyclic amines) is 1. The van der Waals surface area contributed by atoms with Gasteiger partial charge in [0.2, 0.25) is 11.8 Å². The standard InChI is InChI=1S/C18H22N2O2S/c1-13(21)19-16-7-5-14(6-8-16)17-11-15(12-23-17)18(22)20-9-3-2-4-10-20/h5-8,11,15H,2-4,9-10,12H2,1H3,(H,19,21). The second kappa shape index (κ2) is 7.21. The lowest BCUT2D eigenvalue weighted by Crippen LogP contribution is -2.39. The van der Waals surface area contributed by atoms with E-state index in [0.29, 0.717) is 0 Å². The Bertz CT molecular complexity index is 618. The molecule has 0 aromatic heterocycles. The minimum absolute atomic E-state index is 0.00289. The molecule has 2 aliphatic heterocycles. The van der Waals surface area contributed by atoms with Gasteiger partial charge in [-0.2, -0.15) is 0 Å². The minimum Gasteiger partial charge on any atom is -0.342 e. The van der Waals surface area contributed by atoms with Crippen LogP contribution in [0.15, 0.2) is 30.3 Å². The van der Waals surface area contributed by atoms with Crippen LogP contribution in [0.3, 0.4) is 0 Å². The fourth-order valence-corrected chi connectivity index (χ4v) is 4.21. The molecule has 1 aromatic rings. The summed E-state index contributed by atoms with van der Waals surface area (Å²) in [5, 5.41) is 2.77. The third kappa shape index (κ3) is 3.96. The van der Waals surface area contributed by atoms with Crippen LogP contribution in [0, 0.1) is 5.92 Å². The third-order valence-corrected chi connectivity index (χ3v) is 5.45. The van der Waals surface area contributed by atoms with Crippen LogP contribution >= 0.6 is 11.8 Å². The molecule has 1 aromatic carbocycles. The third-order valence-electron chi connectivity index (χ3n) is 4.25. The number of anilines is 1. The molecular weight excluding hydrogens is 308 g/mol. The van der Waals surface area contributed by atoms with E-state index in [1.807, 2.05) is 29.2 Å². The van der Waals surface area contributed by atoms with Gasteiger partial charge in [-0.05, 0) is 37.0 Å². The molecule has 23 heavy (non-hydrogen) atoms. The molecule has 3 rings (SSSR count). The predicted molar refractivity (Wildman–Crippen MR) is 95.1 cm³/mol. The maximum absolute atomic E-state index is 12.6. The molecule has 1 fully saturated rings. The highest BCUT2D eigenvalue weighted by Gasteiger charge is 2.28. The van der Waals surface area contributed by atoms with E-state index in [4.69, 9.17) is 0 Å². The number of piperidine rings is 1. The first-order valence-corrected chi connectivity index (χ1v) is 9.13. The summed E-state index contributed by atoms with van der Waals surface area (Å²) >= 11 is 1.74. The van der Waals surface area contributed by atoms with Crippen molar-refractivity contribution in [1.82, 2.24) is 4.90 Å². The molecule has 0 saturated carbocycles. The van der Waals surface area contributed by atoms with Crippen molar-refractivity contribution in [2.45, 2.75) is 26.2 Å². The number of carbonyl (C=O) groups is 2. The number of rotatable bonds is 3. The Balaban J connectivity index is 1.66. The zero-order valence-electron chi connectivity index (χ0n) is 13.4. The van der Waals surface area contributed by atoms with Crippen LogP contribution in [0.25, 0.3) is 4.91 Å². The lowest BCUT2D eigenvalue weighted by molar-refractivity contribution is -0.134. The van der Waals surface area contributed by atoms with Gasteiger partial charge < -0.3 is 10.2 Å². The summed E-state index contributed by atoms with van der Waals surface area (Å²) in [6.45, 7) is 3.32. The second-order valence-corrected chi connectivity index (χ2v) is 7.15. The summed E-state index contributed by atoms with van der Waals surface area (Å²) in [5.74, 6) is 1.04. The van der Waals surface area contributed by atoms with Crippen molar-refractivity contribution in [3.63, 3.8) is 0 Å². The number of nitrogens with zero attached hydrogens (tertiary/aromatic N) is 1. The van der Waals surface area contributed by atoms with Gasteiger partial charge in [-0.15, -0.1) is 11.8 Å². The van der Waals surface area contributed by atoms with Gasteiger partial charge in [0.15, 0.2) is 0 Å². The van der Waals surface area contributed by atoms with Crippen molar-refractivity contribution >= 4 is 34.2 Å². The van der Waals surface area contributed by atoms with Crippen LogP contribution in [-0.2, 0) is 9.59 Å². The lowest BCUT2D eigenvalue weighted by Gasteiger charge is -2.28. The average Bonchev–Trinajstić information content (AvgIpc) is 3.05. The molecule has 4 nitrogen and oxygen atoms in total. The van der Waals surface area contributed by atoms with Gasteiger partial charge in [-0.3, -0.25) is 9.59 Å². The highest BCUT2D eigenvalue weighted by molar-refractivity contribution is 8.08. The first-order chi connectivity index (χ1) is 11.1. The molecule has 2 aliphatic rings. The molecule has 2 amide bonds. The molecule has 0 radical (unpaired) electrons. The maximum atomic E-state index is 12.6. The SMILES string of the molecule is CC(=O)Nc1ccc(C2=CC(C(=O)N3CCCCC3)CS2)cc1. The highest BCUT2D eigenvalue weighted by Crippen LogP contribution is 2.38. The van der Waals surface area contributed by atoms with E-state index >= 15 is 0 Å². The first-order valence-electron chi connectivity index (χ1n) is 8.15. The molecule has 122 valence electrons.